The highest BCUT2D eigenvalue weighted by molar-refractivity contribution is 7.93. The van der Waals surface area contributed by atoms with Crippen molar-refractivity contribution in [2.75, 3.05) is 11.3 Å². The molecule has 0 saturated heterocycles. The molecule has 2 aromatic rings. The highest BCUT2D eigenvalue weighted by Crippen LogP contribution is 2.21. The van der Waals surface area contributed by atoms with Gasteiger partial charge in [-0.2, -0.15) is 5.10 Å². The number of aliphatic hydroxyl groups is 1. The molecule has 0 aliphatic heterocycles. The molecule has 0 aromatic carbocycles. The van der Waals surface area contributed by atoms with Gasteiger partial charge in [-0.1, -0.05) is 25.2 Å². The van der Waals surface area contributed by atoms with Crippen molar-refractivity contribution in [1.82, 2.24) is 20.0 Å². The van der Waals surface area contributed by atoms with Crippen LogP contribution in [-0.4, -0.2) is 40.1 Å². The van der Waals surface area contributed by atoms with Crippen molar-refractivity contribution in [1.29, 1.82) is 0 Å². The van der Waals surface area contributed by atoms with Gasteiger partial charge >= 0.3 is 0 Å². The van der Waals surface area contributed by atoms with Crippen LogP contribution >= 0.6 is 11.3 Å². The molecule has 0 aliphatic rings. The molecule has 21 heavy (non-hydrogen) atoms. The molecule has 8 nitrogen and oxygen atoms in total. The number of hydrogen-bond acceptors (Lipinski definition) is 7. The molecule has 2 rings (SSSR count). The van der Waals surface area contributed by atoms with Gasteiger partial charge in [0.2, 0.25) is 5.13 Å². The van der Waals surface area contributed by atoms with Crippen molar-refractivity contribution in [3.05, 3.63) is 17.4 Å². The monoisotopic (exact) mass is 331 g/mol. The van der Waals surface area contributed by atoms with Crippen LogP contribution in [0.15, 0.2) is 17.3 Å². The summed E-state index contributed by atoms with van der Waals surface area (Å²) in [6.07, 6.45) is 3.34. The lowest BCUT2D eigenvalue weighted by atomic mass is 10.1. The molecular weight excluding hydrogens is 314 g/mol. The first kappa shape index (κ1) is 15.9. The number of hydrogen-bond donors (Lipinski definition) is 2. The predicted octanol–water partition coefficient (Wildman–Crippen LogP) is 0.726. The molecule has 116 valence electrons. The maximum Gasteiger partial charge on any atom is 0.266 e. The molecule has 10 heteroatoms. The van der Waals surface area contributed by atoms with E-state index in [1.807, 2.05) is 0 Å². The lowest BCUT2D eigenvalue weighted by molar-refractivity contribution is 0.269. The summed E-state index contributed by atoms with van der Waals surface area (Å²) in [6, 6.07) is 0. The van der Waals surface area contributed by atoms with Gasteiger partial charge in [-0.05, 0) is 5.92 Å². The van der Waals surface area contributed by atoms with Gasteiger partial charge in [0.1, 0.15) is 9.90 Å². The minimum atomic E-state index is -3.73. The third kappa shape index (κ3) is 4.22. The van der Waals surface area contributed by atoms with Gasteiger partial charge in [0.15, 0.2) is 0 Å². The zero-order valence-corrected chi connectivity index (χ0v) is 13.4. The summed E-state index contributed by atoms with van der Waals surface area (Å²) in [5.74, 6) is 0.430. The van der Waals surface area contributed by atoms with Crippen LogP contribution in [0.5, 0.6) is 0 Å². The molecule has 0 atom stereocenters. The van der Waals surface area contributed by atoms with Crippen LogP contribution in [0.25, 0.3) is 0 Å². The highest BCUT2D eigenvalue weighted by Gasteiger charge is 2.19. The van der Waals surface area contributed by atoms with E-state index in [4.69, 9.17) is 5.11 Å². The summed E-state index contributed by atoms with van der Waals surface area (Å²) in [5, 5.41) is 21.5. The second-order valence-corrected chi connectivity index (χ2v) is 7.61. The molecule has 2 N–H and O–H groups in total. The van der Waals surface area contributed by atoms with E-state index in [9.17, 15) is 8.42 Å². The van der Waals surface area contributed by atoms with Gasteiger partial charge in [0.05, 0.1) is 19.3 Å². The number of aromatic nitrogens is 4. The Morgan fingerprint density at radius 1 is 1.43 bits per heavy atom. The SMILES string of the molecule is CC(C)Cc1nnc(NS(=O)(=O)c2cnn(CCO)c2)s1. The van der Waals surface area contributed by atoms with E-state index in [0.29, 0.717) is 5.92 Å². The lowest BCUT2D eigenvalue weighted by Gasteiger charge is -2.01. The molecule has 0 amide bonds. The summed E-state index contributed by atoms with van der Waals surface area (Å²) in [6.45, 7) is 4.25. The van der Waals surface area contributed by atoms with Crippen LogP contribution < -0.4 is 4.72 Å². The van der Waals surface area contributed by atoms with Crippen LogP contribution in [0.3, 0.4) is 0 Å². The Bertz CT molecular complexity index is 692. The van der Waals surface area contributed by atoms with E-state index in [2.05, 4.69) is 33.9 Å². The minimum Gasteiger partial charge on any atom is -0.394 e. The summed E-state index contributed by atoms with van der Waals surface area (Å²) >= 11 is 1.22. The Morgan fingerprint density at radius 2 is 2.19 bits per heavy atom. The molecule has 0 fully saturated rings. The lowest BCUT2D eigenvalue weighted by Crippen LogP contribution is -2.12. The Morgan fingerprint density at radius 3 is 2.86 bits per heavy atom. The molecule has 2 heterocycles. The third-order valence-corrected chi connectivity index (χ3v) is 4.80. The molecule has 0 saturated carbocycles. The van der Waals surface area contributed by atoms with Gasteiger partial charge < -0.3 is 5.11 Å². The van der Waals surface area contributed by atoms with Gasteiger partial charge in [-0.15, -0.1) is 10.2 Å². The molecular formula is C11H17N5O3S2. The molecule has 0 aliphatic carbocycles. The third-order valence-electron chi connectivity index (χ3n) is 2.52. The van der Waals surface area contributed by atoms with Crippen LogP contribution in [0.1, 0.15) is 18.9 Å². The maximum absolute atomic E-state index is 12.2. The Kier molecular flexibility index (Phi) is 4.91. The van der Waals surface area contributed by atoms with E-state index >= 15 is 0 Å². The van der Waals surface area contributed by atoms with Crippen molar-refractivity contribution in [3.63, 3.8) is 0 Å². The average Bonchev–Trinajstić information content (AvgIpc) is 2.98. The average molecular weight is 331 g/mol. The van der Waals surface area contributed by atoms with Crippen LogP contribution in [0.2, 0.25) is 0 Å². The molecule has 0 bridgehead atoms. The van der Waals surface area contributed by atoms with Crippen LogP contribution in [0.4, 0.5) is 5.13 Å². The van der Waals surface area contributed by atoms with E-state index in [1.165, 1.54) is 28.4 Å². The minimum absolute atomic E-state index is 0.0246. The smallest absolute Gasteiger partial charge is 0.266 e. The fourth-order valence-electron chi connectivity index (χ4n) is 1.61. The number of nitrogens with zero attached hydrogens (tertiary/aromatic N) is 4. The number of nitrogens with one attached hydrogen (secondary N) is 1. The Hall–Kier alpha value is -1.52. The molecule has 0 unspecified atom stereocenters. The second kappa shape index (κ2) is 6.50. The number of anilines is 1. The number of aliphatic hydroxyl groups excluding tert-OH is 1. The number of rotatable bonds is 7. The quantitative estimate of drug-likeness (QED) is 0.774. The van der Waals surface area contributed by atoms with Gasteiger partial charge in [-0.3, -0.25) is 9.40 Å². The largest absolute Gasteiger partial charge is 0.394 e. The van der Waals surface area contributed by atoms with Crippen molar-refractivity contribution in [3.8, 4) is 0 Å². The van der Waals surface area contributed by atoms with Crippen molar-refractivity contribution < 1.29 is 13.5 Å². The predicted molar refractivity (Wildman–Crippen MR) is 78.6 cm³/mol. The van der Waals surface area contributed by atoms with Gasteiger partial charge in [0, 0.05) is 12.6 Å². The fourth-order valence-corrected chi connectivity index (χ4v) is 3.74. The number of sulfonamides is 1. The standard InChI is InChI=1S/C11H17N5O3S2/c1-8(2)5-10-13-14-11(20-10)15-21(18,19)9-6-12-16(7-9)3-4-17/h6-8,17H,3-5H2,1-2H3,(H,14,15). The normalized spacial score (nSPS) is 12.0. The van der Waals surface area contributed by atoms with E-state index in [-0.39, 0.29) is 23.2 Å². The van der Waals surface area contributed by atoms with Crippen molar-refractivity contribution >= 4 is 26.5 Å². The summed E-state index contributed by atoms with van der Waals surface area (Å²) in [5.41, 5.74) is 0. The maximum atomic E-state index is 12.2. The Labute approximate surface area is 126 Å². The van der Waals surface area contributed by atoms with E-state index in [1.54, 1.807) is 0 Å². The van der Waals surface area contributed by atoms with Gasteiger partial charge in [-0.25, -0.2) is 8.42 Å². The fraction of sp³-hybridized carbons (Fsp3) is 0.545. The van der Waals surface area contributed by atoms with Crippen LogP contribution in [-0.2, 0) is 23.0 Å². The zero-order chi connectivity index (χ0) is 15.5. The first-order valence-corrected chi connectivity index (χ1v) is 8.69. The topological polar surface area (TPSA) is 110 Å². The highest BCUT2D eigenvalue weighted by atomic mass is 32.2. The summed E-state index contributed by atoms with van der Waals surface area (Å²) in [4.78, 5) is 0.0246. The molecule has 0 radical (unpaired) electrons. The van der Waals surface area contributed by atoms with Gasteiger partial charge in [0.25, 0.3) is 10.0 Å². The van der Waals surface area contributed by atoms with E-state index in [0.717, 1.165) is 11.4 Å². The summed E-state index contributed by atoms with van der Waals surface area (Å²) in [7, 11) is -3.73. The molecule has 0 spiro atoms. The van der Waals surface area contributed by atoms with Crippen LogP contribution in [0, 0.1) is 5.92 Å². The van der Waals surface area contributed by atoms with E-state index < -0.39 is 10.0 Å². The second-order valence-electron chi connectivity index (χ2n) is 4.87. The zero-order valence-electron chi connectivity index (χ0n) is 11.7. The first-order valence-electron chi connectivity index (χ1n) is 6.39. The summed E-state index contributed by atoms with van der Waals surface area (Å²) < 4.78 is 28.1. The molecule has 2 aromatic heterocycles. The van der Waals surface area contributed by atoms with Crippen molar-refractivity contribution in [2.45, 2.75) is 31.7 Å². The Balaban J connectivity index is 2.11. The first-order chi connectivity index (χ1) is 9.90. The van der Waals surface area contributed by atoms with Crippen molar-refractivity contribution in [2.24, 2.45) is 5.92 Å².